The van der Waals surface area contributed by atoms with Crippen molar-refractivity contribution in [2.45, 2.75) is 39.7 Å². The molecule has 1 aliphatic heterocycles. The van der Waals surface area contributed by atoms with E-state index in [4.69, 9.17) is 14.6 Å². The number of hydrogen-bond acceptors (Lipinski definition) is 8. The number of esters is 1. The number of ether oxygens (including phenoxy) is 2. The first-order chi connectivity index (χ1) is 19.4. The van der Waals surface area contributed by atoms with Crippen LogP contribution in [0.25, 0.3) is 0 Å². The molecule has 0 spiro atoms. The quantitative estimate of drug-likeness (QED) is 0.136. The van der Waals surface area contributed by atoms with Gasteiger partial charge in [0.2, 0.25) is 5.91 Å². The van der Waals surface area contributed by atoms with Gasteiger partial charge in [-0.3, -0.25) is 14.4 Å². The fourth-order valence-electron chi connectivity index (χ4n) is 4.56. The van der Waals surface area contributed by atoms with Crippen LogP contribution in [0.3, 0.4) is 0 Å². The average molecular weight is 569 g/mol. The molecule has 12 nitrogen and oxygen atoms in total. The second-order valence-electron chi connectivity index (χ2n) is 9.60. The van der Waals surface area contributed by atoms with Crippen LogP contribution in [-0.4, -0.2) is 65.2 Å². The van der Waals surface area contributed by atoms with E-state index in [9.17, 15) is 34.2 Å². The molecular formula is C29H32N2O10. The van der Waals surface area contributed by atoms with Gasteiger partial charge in [-0.15, -0.1) is 0 Å². The number of carboxylic acids is 2. The number of methoxy groups -OCH3 is 1. The Hall–Kier alpha value is -4.87. The summed E-state index contributed by atoms with van der Waals surface area (Å²) in [6.07, 6.45) is 1.67. The van der Waals surface area contributed by atoms with Crippen molar-refractivity contribution in [3.63, 3.8) is 0 Å². The SMILES string of the molecule is COc1c(C)c2c(c(O)c1CC=C(C)CC(CC(=O)NCCNC(=O)c1ccc(C(=O)O)cc1)C(=O)O)C(=O)OC2. The molecule has 0 saturated carbocycles. The maximum absolute atomic E-state index is 12.4. The van der Waals surface area contributed by atoms with E-state index in [-0.39, 0.29) is 61.4 Å². The highest BCUT2D eigenvalue weighted by molar-refractivity contribution is 5.98. The van der Waals surface area contributed by atoms with Gasteiger partial charge in [0.25, 0.3) is 5.91 Å². The number of fused-ring (bicyclic) bond motifs is 1. The molecule has 218 valence electrons. The molecule has 0 bridgehead atoms. The number of carboxylic acid groups (broad SMARTS) is 2. The first kappa shape index (κ1) is 30.7. The molecule has 2 aromatic carbocycles. The average Bonchev–Trinajstić information content (AvgIpc) is 3.33. The minimum Gasteiger partial charge on any atom is -0.507 e. The Kier molecular flexibility index (Phi) is 10.1. The number of rotatable bonds is 13. The number of cyclic esters (lactones) is 1. The zero-order valence-corrected chi connectivity index (χ0v) is 22.9. The smallest absolute Gasteiger partial charge is 0.342 e. The van der Waals surface area contributed by atoms with Crippen LogP contribution >= 0.6 is 0 Å². The van der Waals surface area contributed by atoms with Crippen molar-refractivity contribution < 1.29 is 48.8 Å². The zero-order valence-electron chi connectivity index (χ0n) is 22.9. The van der Waals surface area contributed by atoms with Crippen molar-refractivity contribution in [1.82, 2.24) is 10.6 Å². The number of nitrogens with one attached hydrogen (secondary N) is 2. The molecule has 0 fully saturated rings. The van der Waals surface area contributed by atoms with Gasteiger partial charge >= 0.3 is 17.9 Å². The van der Waals surface area contributed by atoms with Crippen LogP contribution in [0.4, 0.5) is 0 Å². The molecule has 0 saturated heterocycles. The fourth-order valence-corrected chi connectivity index (χ4v) is 4.56. The Morgan fingerprint density at radius 2 is 1.68 bits per heavy atom. The Bertz CT molecular complexity index is 1400. The van der Waals surface area contributed by atoms with Gasteiger partial charge in [0.15, 0.2) is 0 Å². The molecular weight excluding hydrogens is 536 g/mol. The van der Waals surface area contributed by atoms with Gasteiger partial charge < -0.3 is 35.4 Å². The molecule has 1 heterocycles. The molecule has 5 N–H and O–H groups in total. The summed E-state index contributed by atoms with van der Waals surface area (Å²) >= 11 is 0. The highest BCUT2D eigenvalue weighted by atomic mass is 16.5. The number of aromatic carboxylic acids is 1. The Balaban J connectivity index is 1.54. The summed E-state index contributed by atoms with van der Waals surface area (Å²) < 4.78 is 10.5. The second kappa shape index (κ2) is 13.5. The second-order valence-corrected chi connectivity index (χ2v) is 9.60. The number of carbonyl (C=O) groups is 5. The highest BCUT2D eigenvalue weighted by Gasteiger charge is 2.32. The molecule has 0 radical (unpaired) electrons. The van der Waals surface area contributed by atoms with Gasteiger partial charge in [-0.1, -0.05) is 11.6 Å². The molecule has 41 heavy (non-hydrogen) atoms. The number of benzene rings is 2. The van der Waals surface area contributed by atoms with E-state index in [1.165, 1.54) is 31.4 Å². The molecule has 1 unspecified atom stereocenters. The van der Waals surface area contributed by atoms with E-state index in [1.807, 2.05) is 0 Å². The maximum Gasteiger partial charge on any atom is 0.342 e. The van der Waals surface area contributed by atoms with Crippen LogP contribution < -0.4 is 15.4 Å². The van der Waals surface area contributed by atoms with Crippen LogP contribution in [0.2, 0.25) is 0 Å². The largest absolute Gasteiger partial charge is 0.507 e. The maximum atomic E-state index is 12.4. The van der Waals surface area contributed by atoms with E-state index in [0.29, 0.717) is 28.0 Å². The number of aromatic hydroxyl groups is 1. The lowest BCUT2D eigenvalue weighted by Gasteiger charge is -2.16. The third kappa shape index (κ3) is 7.41. The Morgan fingerprint density at radius 1 is 1.05 bits per heavy atom. The Morgan fingerprint density at radius 3 is 2.29 bits per heavy atom. The van der Waals surface area contributed by atoms with E-state index < -0.39 is 35.6 Å². The molecule has 2 aromatic rings. The first-order valence-electron chi connectivity index (χ1n) is 12.8. The van der Waals surface area contributed by atoms with Gasteiger partial charge in [-0.05, 0) is 56.5 Å². The summed E-state index contributed by atoms with van der Waals surface area (Å²) in [5.74, 6) is -4.64. The van der Waals surface area contributed by atoms with E-state index in [0.717, 1.165) is 0 Å². The third-order valence-electron chi connectivity index (χ3n) is 6.78. The number of hydrogen-bond donors (Lipinski definition) is 5. The summed E-state index contributed by atoms with van der Waals surface area (Å²) in [4.78, 5) is 59.4. The van der Waals surface area contributed by atoms with Crippen molar-refractivity contribution in [2.75, 3.05) is 20.2 Å². The van der Waals surface area contributed by atoms with Crippen molar-refractivity contribution in [3.8, 4) is 11.5 Å². The lowest BCUT2D eigenvalue weighted by atomic mass is 9.93. The van der Waals surface area contributed by atoms with Crippen LogP contribution in [0.5, 0.6) is 11.5 Å². The van der Waals surface area contributed by atoms with Gasteiger partial charge in [-0.2, -0.15) is 0 Å². The number of allylic oxidation sites excluding steroid dienone is 2. The number of phenolic OH excluding ortho intramolecular Hbond substituents is 1. The predicted molar refractivity (Wildman–Crippen MR) is 145 cm³/mol. The molecule has 2 amide bonds. The van der Waals surface area contributed by atoms with Crippen LogP contribution in [-0.2, 0) is 27.4 Å². The third-order valence-corrected chi connectivity index (χ3v) is 6.78. The minimum atomic E-state index is -1.15. The molecule has 3 rings (SSSR count). The fraction of sp³-hybridized carbons (Fsp3) is 0.345. The van der Waals surface area contributed by atoms with Crippen molar-refractivity contribution in [3.05, 3.63) is 69.3 Å². The van der Waals surface area contributed by atoms with E-state index in [1.54, 1.807) is 19.9 Å². The molecule has 0 aliphatic carbocycles. The minimum absolute atomic E-state index is 0.0506. The molecule has 1 atom stereocenters. The topological polar surface area (TPSA) is 189 Å². The predicted octanol–water partition coefficient (Wildman–Crippen LogP) is 2.59. The lowest BCUT2D eigenvalue weighted by Crippen LogP contribution is -2.36. The van der Waals surface area contributed by atoms with Gasteiger partial charge in [0.1, 0.15) is 23.7 Å². The van der Waals surface area contributed by atoms with E-state index in [2.05, 4.69) is 10.6 Å². The zero-order chi connectivity index (χ0) is 30.3. The van der Waals surface area contributed by atoms with Gasteiger partial charge in [-0.25, -0.2) is 9.59 Å². The van der Waals surface area contributed by atoms with E-state index >= 15 is 0 Å². The summed E-state index contributed by atoms with van der Waals surface area (Å²) in [7, 11) is 1.45. The van der Waals surface area contributed by atoms with Crippen LogP contribution in [0.1, 0.15) is 67.5 Å². The van der Waals surface area contributed by atoms with Crippen molar-refractivity contribution in [2.24, 2.45) is 5.92 Å². The molecule has 1 aliphatic rings. The monoisotopic (exact) mass is 568 g/mol. The number of aliphatic carboxylic acids is 1. The number of carbonyl (C=O) groups excluding carboxylic acids is 3. The van der Waals surface area contributed by atoms with Gasteiger partial charge in [0, 0.05) is 36.2 Å². The standard InChI is InChI=1S/C29H32N2O10/c1-15(4-9-20-24(33)23-21(14-41-29(23)39)16(2)25(20)40-3)12-19(28(37)38)13-22(32)30-10-11-31-26(34)17-5-7-18(8-6-17)27(35)36/h4-8,19,33H,9-14H2,1-3H3,(H,30,32)(H,31,34)(H,35,36)(H,37,38). The first-order valence-corrected chi connectivity index (χ1v) is 12.8. The number of amides is 2. The summed E-state index contributed by atoms with van der Waals surface area (Å²) in [6.45, 7) is 3.68. The lowest BCUT2D eigenvalue weighted by molar-refractivity contribution is -0.144. The van der Waals surface area contributed by atoms with Crippen LogP contribution in [0, 0.1) is 12.8 Å². The molecule has 12 heteroatoms. The number of phenols is 1. The summed E-state index contributed by atoms with van der Waals surface area (Å²) in [5, 5.41) is 34.5. The summed E-state index contributed by atoms with van der Waals surface area (Å²) in [6, 6.07) is 5.37. The van der Waals surface area contributed by atoms with Crippen molar-refractivity contribution in [1.29, 1.82) is 0 Å². The highest BCUT2D eigenvalue weighted by Crippen LogP contribution is 2.42. The molecule has 0 aromatic heterocycles. The summed E-state index contributed by atoms with van der Waals surface area (Å²) in [5.41, 5.74) is 2.71. The normalized spacial score (nSPS) is 13.1. The Labute approximate surface area is 236 Å². The van der Waals surface area contributed by atoms with Crippen LogP contribution in [0.15, 0.2) is 35.9 Å². The van der Waals surface area contributed by atoms with Gasteiger partial charge in [0.05, 0.1) is 18.6 Å². The van der Waals surface area contributed by atoms with Crippen molar-refractivity contribution >= 4 is 29.7 Å².